The minimum Gasteiger partial charge on any atom is -0.484 e. The number of sulfonamides is 1. The normalized spacial score (nSPS) is 14.7. The fraction of sp³-hybridized carbons (Fsp3) is 0.375. The van der Waals surface area contributed by atoms with E-state index >= 15 is 0 Å². The molecule has 0 aliphatic carbocycles. The van der Waals surface area contributed by atoms with Crippen molar-refractivity contribution in [2.24, 2.45) is 5.92 Å². The number of nitrogens with one attached hydrogen (secondary N) is 1. The Balaban J connectivity index is 1.52. The molecule has 0 radical (unpaired) electrons. The van der Waals surface area contributed by atoms with Crippen LogP contribution in [0.3, 0.4) is 0 Å². The first kappa shape index (κ1) is 31.2. The third kappa shape index (κ3) is 8.64. The number of benzene rings is 3. The van der Waals surface area contributed by atoms with Gasteiger partial charge in [0.1, 0.15) is 11.8 Å². The zero-order valence-electron chi connectivity index (χ0n) is 24.1. The topological polar surface area (TPSA) is 105 Å². The van der Waals surface area contributed by atoms with Crippen LogP contribution in [0.5, 0.6) is 5.75 Å². The molecule has 1 aliphatic heterocycles. The van der Waals surface area contributed by atoms with Crippen molar-refractivity contribution >= 4 is 21.8 Å². The molecule has 9 nitrogen and oxygen atoms in total. The van der Waals surface area contributed by atoms with Crippen LogP contribution in [0.15, 0.2) is 89.8 Å². The third-order valence-electron chi connectivity index (χ3n) is 6.95. The maximum absolute atomic E-state index is 13.7. The van der Waals surface area contributed by atoms with E-state index in [0.717, 1.165) is 11.1 Å². The van der Waals surface area contributed by atoms with E-state index < -0.39 is 16.1 Å². The van der Waals surface area contributed by atoms with Crippen molar-refractivity contribution in [3.05, 3.63) is 96.1 Å². The van der Waals surface area contributed by atoms with E-state index in [1.54, 1.807) is 17.0 Å². The standard InChI is InChI=1S/C32H39N3O6S/c1-25(2)22-33-32(37)30(21-26-9-5-3-6-10-26)35(23-27-11-7-4-8-12-27)31(36)24-41-28-13-15-29(16-14-28)42(38,39)34-17-19-40-20-18-34/h3-16,25,30H,17-24H2,1-2H3,(H,33,37). The number of rotatable bonds is 13. The van der Waals surface area contributed by atoms with Gasteiger partial charge in [-0.1, -0.05) is 74.5 Å². The van der Waals surface area contributed by atoms with Crippen LogP contribution in [0.25, 0.3) is 0 Å². The maximum atomic E-state index is 13.7. The molecular formula is C32H39N3O6S. The van der Waals surface area contributed by atoms with Crippen molar-refractivity contribution < 1.29 is 27.5 Å². The van der Waals surface area contributed by atoms with Crippen LogP contribution in [0.1, 0.15) is 25.0 Å². The number of morpholine rings is 1. The fourth-order valence-corrected chi connectivity index (χ4v) is 6.04. The van der Waals surface area contributed by atoms with Crippen molar-refractivity contribution in [3.8, 4) is 5.75 Å². The van der Waals surface area contributed by atoms with Gasteiger partial charge in [-0.3, -0.25) is 9.59 Å². The highest BCUT2D eigenvalue weighted by Crippen LogP contribution is 2.21. The molecular weight excluding hydrogens is 554 g/mol. The minimum absolute atomic E-state index is 0.151. The molecule has 1 atom stereocenters. The number of ether oxygens (including phenoxy) is 2. The summed E-state index contributed by atoms with van der Waals surface area (Å²) < 4.78 is 38.4. The molecule has 0 spiro atoms. The molecule has 3 aromatic carbocycles. The molecule has 10 heteroatoms. The average Bonchev–Trinajstić information content (AvgIpc) is 3.02. The zero-order chi connectivity index (χ0) is 30.0. The van der Waals surface area contributed by atoms with Gasteiger partial charge in [0.2, 0.25) is 15.9 Å². The summed E-state index contributed by atoms with van der Waals surface area (Å²) in [6.07, 6.45) is 0.345. The molecule has 0 saturated carbocycles. The van der Waals surface area contributed by atoms with Gasteiger partial charge in [-0.15, -0.1) is 0 Å². The number of carbonyl (C=O) groups is 2. The molecule has 2 amide bonds. The van der Waals surface area contributed by atoms with Crippen LogP contribution >= 0.6 is 0 Å². The highest BCUT2D eigenvalue weighted by molar-refractivity contribution is 7.89. The first-order valence-electron chi connectivity index (χ1n) is 14.2. The van der Waals surface area contributed by atoms with E-state index in [1.807, 2.05) is 74.5 Å². The molecule has 1 N–H and O–H groups in total. The van der Waals surface area contributed by atoms with E-state index in [-0.39, 0.29) is 35.8 Å². The van der Waals surface area contributed by atoms with Crippen LogP contribution < -0.4 is 10.1 Å². The number of carbonyl (C=O) groups excluding carboxylic acids is 2. The Hall–Kier alpha value is -3.73. The predicted octanol–water partition coefficient (Wildman–Crippen LogP) is 3.50. The number of nitrogens with zero attached hydrogens (tertiary/aromatic N) is 2. The quantitative estimate of drug-likeness (QED) is 0.325. The van der Waals surface area contributed by atoms with Gasteiger partial charge in [-0.25, -0.2) is 8.42 Å². The van der Waals surface area contributed by atoms with Gasteiger partial charge in [-0.2, -0.15) is 4.31 Å². The Kier molecular flexibility index (Phi) is 11.1. The summed E-state index contributed by atoms with van der Waals surface area (Å²) in [4.78, 5) is 29.0. The molecule has 1 aliphatic rings. The fourth-order valence-electron chi connectivity index (χ4n) is 4.63. The molecule has 1 saturated heterocycles. The summed E-state index contributed by atoms with van der Waals surface area (Å²) in [6.45, 7) is 5.79. The van der Waals surface area contributed by atoms with E-state index in [4.69, 9.17) is 9.47 Å². The maximum Gasteiger partial charge on any atom is 0.261 e. The van der Waals surface area contributed by atoms with Crippen molar-refractivity contribution in [3.63, 3.8) is 0 Å². The zero-order valence-corrected chi connectivity index (χ0v) is 25.0. The summed E-state index contributed by atoms with van der Waals surface area (Å²) >= 11 is 0. The van der Waals surface area contributed by atoms with Gasteiger partial charge in [-0.05, 0) is 41.3 Å². The van der Waals surface area contributed by atoms with Gasteiger partial charge in [0.05, 0.1) is 18.1 Å². The molecule has 4 rings (SSSR count). The first-order valence-corrected chi connectivity index (χ1v) is 15.6. The molecule has 3 aromatic rings. The lowest BCUT2D eigenvalue weighted by Crippen LogP contribution is -2.52. The summed E-state index contributed by atoms with van der Waals surface area (Å²) in [5.41, 5.74) is 1.82. The molecule has 42 heavy (non-hydrogen) atoms. The number of hydrogen-bond donors (Lipinski definition) is 1. The lowest BCUT2D eigenvalue weighted by Gasteiger charge is -2.31. The Labute approximate surface area is 248 Å². The monoisotopic (exact) mass is 593 g/mol. The van der Waals surface area contributed by atoms with Gasteiger partial charge < -0.3 is 19.7 Å². The summed E-state index contributed by atoms with van der Waals surface area (Å²) in [6, 6.07) is 24.4. The SMILES string of the molecule is CC(C)CNC(=O)C(Cc1ccccc1)N(Cc1ccccc1)C(=O)COc1ccc(S(=O)(=O)N2CCOCC2)cc1. The van der Waals surface area contributed by atoms with Crippen molar-refractivity contribution in [1.29, 1.82) is 0 Å². The van der Waals surface area contributed by atoms with E-state index in [0.29, 0.717) is 45.0 Å². The second-order valence-electron chi connectivity index (χ2n) is 10.6. The number of hydrogen-bond acceptors (Lipinski definition) is 6. The van der Waals surface area contributed by atoms with Crippen LogP contribution in [-0.2, 0) is 37.3 Å². The second-order valence-corrected chi connectivity index (χ2v) is 12.6. The van der Waals surface area contributed by atoms with Crippen LogP contribution in [0, 0.1) is 5.92 Å². The lowest BCUT2D eigenvalue weighted by atomic mass is 10.0. The van der Waals surface area contributed by atoms with Gasteiger partial charge >= 0.3 is 0 Å². The summed E-state index contributed by atoms with van der Waals surface area (Å²) in [7, 11) is -3.64. The molecule has 1 heterocycles. The van der Waals surface area contributed by atoms with E-state index in [9.17, 15) is 18.0 Å². The van der Waals surface area contributed by atoms with Crippen molar-refractivity contribution in [1.82, 2.24) is 14.5 Å². The van der Waals surface area contributed by atoms with Gasteiger partial charge in [0.25, 0.3) is 5.91 Å². The highest BCUT2D eigenvalue weighted by Gasteiger charge is 2.31. The molecule has 1 fully saturated rings. The van der Waals surface area contributed by atoms with Crippen LogP contribution in [0.4, 0.5) is 0 Å². The summed E-state index contributed by atoms with van der Waals surface area (Å²) in [5, 5.41) is 3.00. The average molecular weight is 594 g/mol. The smallest absolute Gasteiger partial charge is 0.261 e. The van der Waals surface area contributed by atoms with Crippen LogP contribution in [-0.4, -0.2) is 74.9 Å². The molecule has 1 unspecified atom stereocenters. The van der Waals surface area contributed by atoms with E-state index in [1.165, 1.54) is 16.4 Å². The summed E-state index contributed by atoms with van der Waals surface area (Å²) in [5.74, 6) is 0.0229. The predicted molar refractivity (Wildman–Crippen MR) is 160 cm³/mol. The lowest BCUT2D eigenvalue weighted by molar-refractivity contribution is -0.142. The number of amides is 2. The van der Waals surface area contributed by atoms with Gasteiger partial charge in [0, 0.05) is 32.6 Å². The second kappa shape index (κ2) is 14.9. The van der Waals surface area contributed by atoms with Crippen LogP contribution in [0.2, 0.25) is 0 Å². The third-order valence-corrected chi connectivity index (χ3v) is 8.86. The Morgan fingerprint density at radius 1 is 0.905 bits per heavy atom. The van der Waals surface area contributed by atoms with E-state index in [2.05, 4.69) is 5.32 Å². The van der Waals surface area contributed by atoms with Gasteiger partial charge in [0.15, 0.2) is 6.61 Å². The molecule has 0 aromatic heterocycles. The largest absolute Gasteiger partial charge is 0.484 e. The Morgan fingerprint density at radius 2 is 1.50 bits per heavy atom. The first-order chi connectivity index (χ1) is 20.2. The Bertz CT molecular complexity index is 1390. The van der Waals surface area contributed by atoms with Crippen molar-refractivity contribution in [2.75, 3.05) is 39.5 Å². The molecule has 0 bridgehead atoms. The Morgan fingerprint density at radius 3 is 2.10 bits per heavy atom. The highest BCUT2D eigenvalue weighted by atomic mass is 32.2. The molecule has 224 valence electrons. The minimum atomic E-state index is -3.64. The van der Waals surface area contributed by atoms with Crippen molar-refractivity contribution in [2.45, 2.75) is 37.8 Å².